The van der Waals surface area contributed by atoms with E-state index < -0.39 is 5.60 Å². The van der Waals surface area contributed by atoms with Crippen molar-refractivity contribution in [2.75, 3.05) is 26.7 Å². The first-order valence-electron chi connectivity index (χ1n) is 7.30. The topological polar surface area (TPSA) is 78.5 Å². The summed E-state index contributed by atoms with van der Waals surface area (Å²) in [7, 11) is 1.72. The summed E-state index contributed by atoms with van der Waals surface area (Å²) in [5, 5.41) is 6.88. The smallest absolute Gasteiger partial charge is 0.410 e. The second-order valence-electron chi connectivity index (χ2n) is 5.90. The first kappa shape index (κ1) is 13.9. The van der Waals surface area contributed by atoms with Crippen LogP contribution in [0.4, 0.5) is 4.79 Å². The van der Waals surface area contributed by atoms with Gasteiger partial charge in [-0.15, -0.1) is 0 Å². The highest BCUT2D eigenvalue weighted by molar-refractivity contribution is 5.95. The van der Waals surface area contributed by atoms with Crippen molar-refractivity contribution in [1.82, 2.24) is 20.0 Å². The molecule has 1 aromatic heterocycles. The van der Waals surface area contributed by atoms with Crippen LogP contribution in [0.25, 0.3) is 0 Å². The van der Waals surface area contributed by atoms with Gasteiger partial charge < -0.3 is 14.5 Å². The Morgan fingerprint density at radius 3 is 3.00 bits per heavy atom. The van der Waals surface area contributed by atoms with Gasteiger partial charge in [-0.2, -0.15) is 5.10 Å². The molecule has 1 aromatic rings. The van der Waals surface area contributed by atoms with Crippen molar-refractivity contribution in [2.24, 2.45) is 0 Å². The van der Waals surface area contributed by atoms with Crippen molar-refractivity contribution in [2.45, 2.75) is 31.8 Å². The van der Waals surface area contributed by atoms with Gasteiger partial charge in [0.2, 0.25) is 0 Å². The van der Waals surface area contributed by atoms with Crippen LogP contribution in [-0.2, 0) is 11.2 Å². The summed E-state index contributed by atoms with van der Waals surface area (Å²) in [5.74, 6) is -0.0327. The van der Waals surface area contributed by atoms with Crippen molar-refractivity contribution in [3.05, 3.63) is 17.5 Å². The summed E-state index contributed by atoms with van der Waals surface area (Å²) < 4.78 is 5.47. The number of nitrogens with zero attached hydrogens (tertiary/aromatic N) is 3. The van der Waals surface area contributed by atoms with Gasteiger partial charge in [-0.25, -0.2) is 4.79 Å². The number of carbonyl (C=O) groups is 2. The zero-order valence-electron chi connectivity index (χ0n) is 12.4. The fraction of sp³-hybridized carbons (Fsp3) is 0.643. The van der Waals surface area contributed by atoms with E-state index in [0.29, 0.717) is 31.6 Å². The molecule has 2 fully saturated rings. The van der Waals surface area contributed by atoms with Gasteiger partial charge in [0, 0.05) is 25.7 Å². The van der Waals surface area contributed by atoms with Gasteiger partial charge in [-0.05, 0) is 6.42 Å². The number of hydrogen-bond donors (Lipinski definition) is 1. The highest BCUT2D eigenvalue weighted by Crippen LogP contribution is 2.32. The summed E-state index contributed by atoms with van der Waals surface area (Å²) in [4.78, 5) is 27.5. The third-order valence-electron chi connectivity index (χ3n) is 4.19. The van der Waals surface area contributed by atoms with Gasteiger partial charge in [-0.1, -0.05) is 13.3 Å². The molecule has 2 amide bonds. The Bertz CT molecular complexity index is 570. The number of carbonyl (C=O) groups excluding carboxylic acids is 2. The zero-order chi connectivity index (χ0) is 15.0. The van der Waals surface area contributed by atoms with Gasteiger partial charge in [0.05, 0.1) is 24.8 Å². The number of hydrogen-bond acceptors (Lipinski definition) is 4. The molecule has 3 heterocycles. The standard InChI is InChI=1S/C14H20N4O3/c1-3-4-11-10(7-15-16-11)12(19)18-6-5-14(9-18)8-17(2)13(20)21-14/h7H,3-6,8-9H2,1-2H3,(H,15,16)/t14-/m1/s1. The number of amides is 2. The number of H-pyrrole nitrogens is 1. The third-order valence-corrected chi connectivity index (χ3v) is 4.19. The number of rotatable bonds is 3. The van der Waals surface area contributed by atoms with Gasteiger partial charge in [-0.3, -0.25) is 9.89 Å². The van der Waals surface area contributed by atoms with E-state index in [1.807, 2.05) is 0 Å². The molecule has 0 aromatic carbocycles. The normalized spacial score (nSPS) is 25.0. The van der Waals surface area contributed by atoms with E-state index in [1.165, 1.54) is 0 Å². The average molecular weight is 292 g/mol. The largest absolute Gasteiger partial charge is 0.439 e. The molecule has 0 unspecified atom stereocenters. The number of ether oxygens (including phenoxy) is 1. The minimum Gasteiger partial charge on any atom is -0.439 e. The average Bonchev–Trinajstić information content (AvgIpc) is 3.12. The zero-order valence-corrected chi connectivity index (χ0v) is 12.4. The molecule has 0 saturated carbocycles. The van der Waals surface area contributed by atoms with Gasteiger partial charge >= 0.3 is 6.09 Å². The van der Waals surface area contributed by atoms with Crippen LogP contribution in [0.3, 0.4) is 0 Å². The quantitative estimate of drug-likeness (QED) is 0.902. The van der Waals surface area contributed by atoms with Crippen molar-refractivity contribution < 1.29 is 14.3 Å². The second-order valence-corrected chi connectivity index (χ2v) is 5.90. The predicted octanol–water partition coefficient (Wildman–Crippen LogP) is 1.03. The van der Waals surface area contributed by atoms with Crippen molar-refractivity contribution in [1.29, 1.82) is 0 Å². The summed E-state index contributed by atoms with van der Waals surface area (Å²) in [5.41, 5.74) is 0.978. The Morgan fingerprint density at radius 2 is 2.33 bits per heavy atom. The lowest BCUT2D eigenvalue weighted by Crippen LogP contribution is -2.39. The van der Waals surface area contributed by atoms with E-state index in [2.05, 4.69) is 17.1 Å². The van der Waals surface area contributed by atoms with Crippen LogP contribution in [0.1, 0.15) is 35.8 Å². The van der Waals surface area contributed by atoms with E-state index >= 15 is 0 Å². The van der Waals surface area contributed by atoms with Crippen molar-refractivity contribution in [3.63, 3.8) is 0 Å². The van der Waals surface area contributed by atoms with E-state index in [1.54, 1.807) is 23.0 Å². The first-order chi connectivity index (χ1) is 10.0. The molecule has 21 heavy (non-hydrogen) atoms. The minimum absolute atomic E-state index is 0.0327. The molecule has 2 aliphatic rings. The SMILES string of the molecule is CCCc1[nH]ncc1C(=O)N1CC[C@@]2(CN(C)C(=O)O2)C1. The molecule has 114 valence electrons. The molecule has 1 spiro atoms. The van der Waals surface area contributed by atoms with Crippen LogP contribution >= 0.6 is 0 Å². The van der Waals surface area contributed by atoms with Crippen LogP contribution in [0, 0.1) is 0 Å². The van der Waals surface area contributed by atoms with E-state index in [4.69, 9.17) is 4.74 Å². The summed E-state index contributed by atoms with van der Waals surface area (Å²) >= 11 is 0. The molecule has 3 rings (SSSR count). The Labute approximate surface area is 123 Å². The Morgan fingerprint density at radius 1 is 1.52 bits per heavy atom. The van der Waals surface area contributed by atoms with Crippen molar-refractivity contribution in [3.8, 4) is 0 Å². The lowest BCUT2D eigenvalue weighted by molar-refractivity contribution is 0.0552. The summed E-state index contributed by atoms with van der Waals surface area (Å²) in [6.45, 7) is 3.67. The molecule has 0 radical (unpaired) electrons. The van der Waals surface area contributed by atoms with Gasteiger partial charge in [0.25, 0.3) is 5.91 Å². The van der Waals surface area contributed by atoms with Crippen molar-refractivity contribution >= 4 is 12.0 Å². The molecule has 2 saturated heterocycles. The number of aromatic amines is 1. The fourth-order valence-electron chi connectivity index (χ4n) is 3.13. The van der Waals surface area contributed by atoms with E-state index in [0.717, 1.165) is 18.5 Å². The van der Waals surface area contributed by atoms with Gasteiger partial charge in [0.15, 0.2) is 5.60 Å². The van der Waals surface area contributed by atoms with Crippen LogP contribution in [0.2, 0.25) is 0 Å². The summed E-state index contributed by atoms with van der Waals surface area (Å²) in [6.07, 6.45) is 3.73. The number of nitrogens with one attached hydrogen (secondary N) is 1. The number of likely N-dealkylation sites (tertiary alicyclic amines) is 1. The molecule has 1 N–H and O–H groups in total. The first-order valence-corrected chi connectivity index (χ1v) is 7.30. The van der Waals surface area contributed by atoms with Crippen LogP contribution in [0.15, 0.2) is 6.20 Å². The second kappa shape index (κ2) is 5.05. The maximum atomic E-state index is 12.6. The van der Waals surface area contributed by atoms with Crippen LogP contribution in [0.5, 0.6) is 0 Å². The lowest BCUT2D eigenvalue weighted by Gasteiger charge is -2.21. The van der Waals surface area contributed by atoms with E-state index in [-0.39, 0.29) is 12.0 Å². The monoisotopic (exact) mass is 292 g/mol. The Kier molecular flexibility index (Phi) is 3.35. The fourth-order valence-corrected chi connectivity index (χ4v) is 3.13. The van der Waals surface area contributed by atoms with E-state index in [9.17, 15) is 9.59 Å². The number of aromatic nitrogens is 2. The van der Waals surface area contributed by atoms with Crippen LogP contribution < -0.4 is 0 Å². The highest BCUT2D eigenvalue weighted by Gasteiger charge is 2.49. The third kappa shape index (κ3) is 2.36. The highest BCUT2D eigenvalue weighted by atomic mass is 16.6. The van der Waals surface area contributed by atoms with Gasteiger partial charge in [0.1, 0.15) is 0 Å². The molecule has 1 atom stereocenters. The maximum absolute atomic E-state index is 12.6. The molecule has 7 heteroatoms. The molecular weight excluding hydrogens is 272 g/mol. The predicted molar refractivity (Wildman–Crippen MR) is 74.9 cm³/mol. The molecule has 2 aliphatic heterocycles. The lowest BCUT2D eigenvalue weighted by atomic mass is 10.0. The Balaban J connectivity index is 1.73. The number of likely N-dealkylation sites (N-methyl/N-ethyl adjacent to an activating group) is 1. The summed E-state index contributed by atoms with van der Waals surface area (Å²) in [6, 6.07) is 0. The minimum atomic E-state index is -0.532. The molecular formula is C14H20N4O3. The molecule has 0 aliphatic carbocycles. The molecule has 0 bridgehead atoms. The maximum Gasteiger partial charge on any atom is 0.410 e. The number of aryl methyl sites for hydroxylation is 1. The van der Waals surface area contributed by atoms with Crippen LogP contribution in [-0.4, -0.2) is 64.3 Å². The molecule has 7 nitrogen and oxygen atoms in total. The Hall–Kier alpha value is -2.05.